The van der Waals surface area contributed by atoms with Crippen molar-refractivity contribution in [3.8, 4) is 0 Å². The molecule has 1 aromatic heterocycles. The number of anilines is 1. The van der Waals surface area contributed by atoms with Gasteiger partial charge in [-0.2, -0.15) is 0 Å². The Labute approximate surface area is 228 Å². The van der Waals surface area contributed by atoms with E-state index in [1.807, 2.05) is 24.4 Å². The minimum Gasteiger partial charge on any atom is -0.481 e. The van der Waals surface area contributed by atoms with E-state index >= 15 is 0 Å². The molecule has 3 atom stereocenters. The molecule has 37 heavy (non-hydrogen) atoms. The molecule has 4 N–H and O–H groups in total. The molecule has 2 unspecified atom stereocenters. The zero-order valence-corrected chi connectivity index (χ0v) is 22.4. The quantitative estimate of drug-likeness (QED) is 0.257. The third-order valence-electron chi connectivity index (χ3n) is 6.65. The van der Waals surface area contributed by atoms with Gasteiger partial charge in [0, 0.05) is 30.8 Å². The van der Waals surface area contributed by atoms with Gasteiger partial charge in [-0.1, -0.05) is 42.3 Å². The van der Waals surface area contributed by atoms with Crippen LogP contribution in [0.15, 0.2) is 47.9 Å². The summed E-state index contributed by atoms with van der Waals surface area (Å²) in [6.45, 7) is 2.74. The first-order valence-electron chi connectivity index (χ1n) is 11.8. The van der Waals surface area contributed by atoms with Crippen LogP contribution in [-0.2, 0) is 14.4 Å². The van der Waals surface area contributed by atoms with Gasteiger partial charge in [-0.25, -0.2) is 0 Å². The van der Waals surface area contributed by atoms with Crippen molar-refractivity contribution in [1.29, 1.82) is 0 Å². The van der Waals surface area contributed by atoms with E-state index in [-0.39, 0.29) is 30.1 Å². The zero-order valence-electron chi connectivity index (χ0n) is 20.1. The molecule has 0 spiro atoms. The Kier molecular flexibility index (Phi) is 8.42. The van der Waals surface area contributed by atoms with Crippen molar-refractivity contribution in [2.75, 3.05) is 18.8 Å². The van der Waals surface area contributed by atoms with Crippen LogP contribution in [0.1, 0.15) is 36.9 Å². The van der Waals surface area contributed by atoms with Gasteiger partial charge >= 0.3 is 5.97 Å². The van der Waals surface area contributed by atoms with Crippen molar-refractivity contribution in [1.82, 2.24) is 10.2 Å². The maximum atomic E-state index is 13.1. The molecule has 2 aromatic carbocycles. The number of piperidine rings is 1. The molecule has 2 heterocycles. The van der Waals surface area contributed by atoms with Gasteiger partial charge in [-0.05, 0) is 64.6 Å². The molecule has 0 bridgehead atoms. The number of aliphatic carboxylic acids is 1. The molecule has 0 aliphatic carbocycles. The second-order valence-electron chi connectivity index (χ2n) is 9.25. The number of rotatable bonds is 7. The van der Waals surface area contributed by atoms with Crippen molar-refractivity contribution < 1.29 is 19.5 Å². The van der Waals surface area contributed by atoms with Gasteiger partial charge in [0.1, 0.15) is 0 Å². The van der Waals surface area contributed by atoms with Crippen molar-refractivity contribution in [3.63, 3.8) is 0 Å². The fraction of sp³-hybridized carbons (Fsp3) is 0.296. The van der Waals surface area contributed by atoms with Gasteiger partial charge in [0.15, 0.2) is 0 Å². The van der Waals surface area contributed by atoms with Crippen LogP contribution in [0.2, 0.25) is 10.0 Å². The number of hydrogen-bond donors (Lipinski definition) is 3. The van der Waals surface area contributed by atoms with Gasteiger partial charge in [0.25, 0.3) is 0 Å². The number of carboxylic acid groups (broad SMARTS) is 1. The van der Waals surface area contributed by atoms with Gasteiger partial charge in [0.2, 0.25) is 11.8 Å². The molecule has 194 valence electrons. The minimum atomic E-state index is -1.01. The first-order chi connectivity index (χ1) is 17.6. The second kappa shape index (κ2) is 11.5. The molecule has 0 radical (unpaired) electrons. The highest BCUT2D eigenvalue weighted by Gasteiger charge is 2.34. The first-order valence-corrected chi connectivity index (χ1v) is 13.5. The molecule has 7 nitrogen and oxygen atoms in total. The zero-order chi connectivity index (χ0) is 26.7. The largest absolute Gasteiger partial charge is 0.481 e. The number of fused-ring (bicyclic) bond motifs is 1. The predicted molar refractivity (Wildman–Crippen MR) is 149 cm³/mol. The minimum absolute atomic E-state index is 0.108. The lowest BCUT2D eigenvalue weighted by atomic mass is 9.85. The normalized spacial score (nSPS) is 18.7. The number of nitrogen functional groups attached to an aromatic ring is 1. The highest BCUT2D eigenvalue weighted by molar-refractivity contribution is 7.18. The molecule has 2 amide bonds. The molecular formula is C27H27Cl2N3O4S. The number of benzene rings is 2. The number of hydrogen-bond acceptors (Lipinski definition) is 5. The summed E-state index contributed by atoms with van der Waals surface area (Å²) in [5.74, 6) is -1.85. The summed E-state index contributed by atoms with van der Waals surface area (Å²) >= 11 is 14.3. The molecule has 1 aliphatic rings. The van der Waals surface area contributed by atoms with E-state index in [0.29, 0.717) is 46.4 Å². The van der Waals surface area contributed by atoms with Crippen molar-refractivity contribution >= 4 is 74.2 Å². The monoisotopic (exact) mass is 559 g/mol. The highest BCUT2D eigenvalue weighted by atomic mass is 35.5. The number of nitrogens with one attached hydrogen (secondary N) is 1. The van der Waals surface area contributed by atoms with Gasteiger partial charge < -0.3 is 21.1 Å². The number of halogens is 2. The van der Waals surface area contributed by atoms with E-state index in [0.717, 1.165) is 10.1 Å². The summed E-state index contributed by atoms with van der Waals surface area (Å²) < 4.78 is 0.909. The molecule has 4 rings (SSSR count). The topological polar surface area (TPSA) is 113 Å². The lowest BCUT2D eigenvalue weighted by Gasteiger charge is -2.36. The Morgan fingerprint density at radius 1 is 1.22 bits per heavy atom. The Balaban J connectivity index is 1.39. The molecule has 1 fully saturated rings. The van der Waals surface area contributed by atoms with Crippen molar-refractivity contribution in [2.24, 2.45) is 11.8 Å². The van der Waals surface area contributed by atoms with E-state index in [4.69, 9.17) is 28.9 Å². The number of carbonyl (C=O) groups excluding carboxylic acids is 2. The third-order valence-corrected chi connectivity index (χ3v) is 8.59. The van der Waals surface area contributed by atoms with Crippen LogP contribution in [0.3, 0.4) is 0 Å². The molecule has 3 aromatic rings. The number of thiophene rings is 1. The smallest absolute Gasteiger partial charge is 0.305 e. The van der Waals surface area contributed by atoms with Crippen LogP contribution in [0.5, 0.6) is 0 Å². The lowest BCUT2D eigenvalue weighted by molar-refractivity contribution is -0.139. The molecule has 10 heteroatoms. The van der Waals surface area contributed by atoms with E-state index in [1.54, 1.807) is 35.2 Å². The van der Waals surface area contributed by atoms with Crippen LogP contribution in [0.25, 0.3) is 16.2 Å². The van der Waals surface area contributed by atoms with Crippen LogP contribution in [0, 0.1) is 11.8 Å². The Morgan fingerprint density at radius 3 is 2.62 bits per heavy atom. The van der Waals surface area contributed by atoms with E-state index in [2.05, 4.69) is 5.32 Å². The predicted octanol–water partition coefficient (Wildman–Crippen LogP) is 5.62. The standard InChI is InChI=1S/C27H27Cl2N3O4S/c1-15-14-32(22(33)7-4-17-12-18-9-11-37-26(18)25(29)24(17)28)10-8-20(15)27(36)31-21(13-23(34)35)16-2-5-19(30)6-3-16/h2-7,9,11-12,15,20-21H,8,10,13-14,30H2,1H3,(H,31,36)(H,34,35)/b7-4+/t15?,20?,21-/m1/s1. The Bertz CT molecular complexity index is 1360. The number of likely N-dealkylation sites (tertiary alicyclic amines) is 1. The van der Waals surface area contributed by atoms with Crippen LogP contribution in [0.4, 0.5) is 5.69 Å². The molecule has 0 saturated carbocycles. The van der Waals surface area contributed by atoms with Gasteiger partial charge in [0.05, 0.1) is 27.2 Å². The third kappa shape index (κ3) is 6.26. The van der Waals surface area contributed by atoms with E-state index in [1.165, 1.54) is 17.4 Å². The molecule has 1 saturated heterocycles. The van der Waals surface area contributed by atoms with Crippen molar-refractivity contribution in [2.45, 2.75) is 25.8 Å². The average molecular weight is 561 g/mol. The van der Waals surface area contributed by atoms with Crippen molar-refractivity contribution in [3.05, 3.63) is 69.0 Å². The summed E-state index contributed by atoms with van der Waals surface area (Å²) in [4.78, 5) is 39.1. The van der Waals surface area contributed by atoms with Crippen LogP contribution < -0.4 is 11.1 Å². The fourth-order valence-electron chi connectivity index (χ4n) is 4.63. The van der Waals surface area contributed by atoms with E-state index < -0.39 is 12.0 Å². The summed E-state index contributed by atoms with van der Waals surface area (Å²) in [6.07, 6.45) is 3.38. The number of nitrogens with zero attached hydrogens (tertiary/aromatic N) is 1. The number of nitrogens with two attached hydrogens (primary N) is 1. The second-order valence-corrected chi connectivity index (χ2v) is 10.9. The maximum Gasteiger partial charge on any atom is 0.305 e. The number of carbonyl (C=O) groups is 3. The lowest BCUT2D eigenvalue weighted by Crippen LogP contribution is -2.47. The summed E-state index contributed by atoms with van der Waals surface area (Å²) in [5, 5.41) is 16.0. The Morgan fingerprint density at radius 2 is 1.95 bits per heavy atom. The van der Waals surface area contributed by atoms with Crippen LogP contribution in [-0.4, -0.2) is 40.9 Å². The van der Waals surface area contributed by atoms with Gasteiger partial charge in [-0.15, -0.1) is 11.3 Å². The van der Waals surface area contributed by atoms with E-state index in [9.17, 15) is 19.5 Å². The molecular weight excluding hydrogens is 533 g/mol. The Hall–Kier alpha value is -3.07. The average Bonchev–Trinajstić information content (AvgIpc) is 3.33. The van der Waals surface area contributed by atoms with Gasteiger partial charge in [-0.3, -0.25) is 14.4 Å². The SMILES string of the molecule is CC1CN(C(=O)/C=C/c2cc3ccsc3c(Cl)c2Cl)CCC1C(=O)N[C@H](CC(=O)O)c1ccc(N)cc1. The number of carboxylic acids is 1. The first kappa shape index (κ1) is 27.0. The van der Waals surface area contributed by atoms with Crippen LogP contribution >= 0.6 is 34.5 Å². The fourth-order valence-corrected chi connectivity index (χ4v) is 6.06. The maximum absolute atomic E-state index is 13.1. The number of amides is 2. The molecule has 1 aliphatic heterocycles. The summed E-state index contributed by atoms with van der Waals surface area (Å²) in [6, 6.07) is 9.97. The highest BCUT2D eigenvalue weighted by Crippen LogP contribution is 2.37. The summed E-state index contributed by atoms with van der Waals surface area (Å²) in [7, 11) is 0. The summed E-state index contributed by atoms with van der Waals surface area (Å²) in [5.41, 5.74) is 7.63.